The molecule has 0 aromatic carbocycles. The fraction of sp³-hybridized carbons (Fsp3) is 0.438. The Labute approximate surface area is 126 Å². The van der Waals surface area contributed by atoms with Crippen molar-refractivity contribution in [2.75, 3.05) is 0 Å². The molecule has 0 spiro atoms. The first-order chi connectivity index (χ1) is 9.84. The summed E-state index contributed by atoms with van der Waals surface area (Å²) < 4.78 is 2.21. The van der Waals surface area contributed by atoms with Crippen molar-refractivity contribution in [1.29, 1.82) is 0 Å². The molecular weight excluding hydrogens is 263 g/mol. The van der Waals surface area contributed by atoms with Gasteiger partial charge in [-0.25, -0.2) is 0 Å². The van der Waals surface area contributed by atoms with Gasteiger partial charge in [0, 0.05) is 28.9 Å². The van der Waals surface area contributed by atoms with E-state index in [-0.39, 0.29) is 11.8 Å². The first-order valence-corrected chi connectivity index (χ1v) is 7.40. The minimum Gasteiger partial charge on any atom is -0.481 e. The van der Waals surface area contributed by atoms with E-state index in [1.165, 1.54) is 22.5 Å². The highest BCUT2D eigenvalue weighted by Gasteiger charge is 2.43. The summed E-state index contributed by atoms with van der Waals surface area (Å²) in [5.74, 6) is -0.740. The number of aliphatic carboxylic acids is 1. The van der Waals surface area contributed by atoms with Gasteiger partial charge in [0.1, 0.15) is 0 Å². The van der Waals surface area contributed by atoms with Crippen molar-refractivity contribution in [3.8, 4) is 0 Å². The number of carboxylic acids is 1. The predicted octanol–water partition coefficient (Wildman–Crippen LogP) is 2.83. The van der Waals surface area contributed by atoms with E-state index in [1.54, 1.807) is 0 Å². The number of carbonyl (C=O) groups is 1. The third kappa shape index (κ3) is 1.94. The van der Waals surface area contributed by atoms with E-state index in [4.69, 9.17) is 5.11 Å². The summed E-state index contributed by atoms with van der Waals surface area (Å²) in [4.78, 5) is 13.4. The van der Waals surface area contributed by atoms with Crippen LogP contribution in [0.25, 0.3) is 5.57 Å². The van der Waals surface area contributed by atoms with Crippen LogP contribution in [-0.2, 0) is 4.79 Å². The summed E-state index contributed by atoms with van der Waals surface area (Å²) in [6, 6.07) is 4.14. The van der Waals surface area contributed by atoms with Crippen molar-refractivity contribution in [2.24, 2.45) is 5.41 Å². The highest BCUT2D eigenvalue weighted by Crippen LogP contribution is 2.51. The first-order valence-electron chi connectivity index (χ1n) is 7.40. The molecule has 1 aromatic rings. The predicted molar refractivity (Wildman–Crippen MR) is 84.8 cm³/mol. The normalized spacial score (nSPS) is 19.5. The minimum atomic E-state index is -0.740. The molecule has 0 radical (unpaired) electrons. The molecule has 0 bridgehead atoms. The maximum absolute atomic E-state index is 11.0. The van der Waals surface area contributed by atoms with Gasteiger partial charge in [0.25, 0.3) is 0 Å². The molecule has 1 N–H and O–H groups in total. The summed E-state index contributed by atoms with van der Waals surface area (Å²) in [6.45, 7) is 8.82. The number of carboxylic acid groups (broad SMARTS) is 1. The second kappa shape index (κ2) is 4.55. The Balaban J connectivity index is 2.16. The Morgan fingerprint density at radius 3 is 2.76 bits per heavy atom. The molecule has 0 saturated heterocycles. The molecule has 0 saturated carbocycles. The lowest BCUT2D eigenvalue weighted by atomic mass is 9.78. The van der Waals surface area contributed by atoms with E-state index in [0.717, 1.165) is 13.2 Å². The van der Waals surface area contributed by atoms with Crippen LogP contribution in [0.2, 0.25) is 0 Å². The van der Waals surface area contributed by atoms with E-state index in [2.05, 4.69) is 49.2 Å². The lowest BCUT2D eigenvalue weighted by Gasteiger charge is -2.36. The molecule has 2 aliphatic rings. The van der Waals surface area contributed by atoms with Crippen LogP contribution < -0.4 is 0 Å². The van der Waals surface area contributed by atoms with Gasteiger partial charge in [-0.2, -0.15) is 0 Å². The highest BCUT2D eigenvalue weighted by molar-refractivity contribution is 6.34. The van der Waals surface area contributed by atoms with Gasteiger partial charge in [-0.05, 0) is 49.7 Å². The van der Waals surface area contributed by atoms with Crippen LogP contribution in [0, 0.1) is 5.41 Å². The Kier molecular flexibility index (Phi) is 3.04. The van der Waals surface area contributed by atoms with E-state index in [0.29, 0.717) is 6.42 Å². The molecule has 0 fully saturated rings. The zero-order valence-corrected chi connectivity index (χ0v) is 13.1. The molecule has 0 aliphatic carbocycles. The van der Waals surface area contributed by atoms with Crippen LogP contribution in [0.3, 0.4) is 0 Å². The number of aromatic nitrogens is 1. The Bertz CT molecular complexity index is 682. The largest absolute Gasteiger partial charge is 0.481 e. The van der Waals surface area contributed by atoms with Crippen LogP contribution in [0.5, 0.6) is 0 Å². The van der Waals surface area contributed by atoms with Crippen LogP contribution in [0.1, 0.15) is 46.2 Å². The third-order valence-corrected chi connectivity index (χ3v) is 5.05. The Morgan fingerprint density at radius 1 is 1.38 bits per heavy atom. The number of allylic oxidation sites excluding steroid dienone is 3. The summed E-state index contributed by atoms with van der Waals surface area (Å²) in [5.41, 5.74) is 6.25. The van der Waals surface area contributed by atoms with Crippen molar-refractivity contribution < 1.29 is 9.90 Å². The minimum absolute atomic E-state index is 0.0343. The fourth-order valence-electron chi connectivity index (χ4n) is 3.62. The van der Waals surface area contributed by atoms with Gasteiger partial charge < -0.3 is 14.4 Å². The highest BCUT2D eigenvalue weighted by atomic mass is 16.4. The second-order valence-electron chi connectivity index (χ2n) is 6.49. The summed E-state index contributed by atoms with van der Waals surface area (Å²) in [7, 11) is 0.820. The quantitative estimate of drug-likeness (QED) is 0.868. The molecule has 110 valence electrons. The van der Waals surface area contributed by atoms with E-state index >= 15 is 0 Å². The molecule has 5 heteroatoms. The Hall–Kier alpha value is -1.91. The molecule has 0 amide bonds. The maximum atomic E-state index is 11.0. The Morgan fingerprint density at radius 2 is 2.10 bits per heavy atom. The molecule has 0 unspecified atom stereocenters. The van der Waals surface area contributed by atoms with Crippen molar-refractivity contribution in [3.05, 3.63) is 41.0 Å². The fourth-order valence-corrected chi connectivity index (χ4v) is 3.62. The van der Waals surface area contributed by atoms with Crippen LogP contribution >= 0.6 is 0 Å². The topological polar surface area (TPSA) is 45.5 Å². The second-order valence-corrected chi connectivity index (χ2v) is 6.49. The molecular formula is C16H21BN2O2. The summed E-state index contributed by atoms with van der Waals surface area (Å²) >= 11 is 0. The average Bonchev–Trinajstić information content (AvgIpc) is 2.94. The van der Waals surface area contributed by atoms with Gasteiger partial charge in [-0.15, -0.1) is 0 Å². The van der Waals surface area contributed by atoms with Gasteiger partial charge in [0.2, 0.25) is 0 Å². The van der Waals surface area contributed by atoms with Gasteiger partial charge in [-0.3, -0.25) is 4.79 Å². The standard InChI is InChI=1S/C16H21BN2O2/c1-10-11(2)19-15(16(10,3)4)12(7-8-14(20)21)13-6-5-9-18(13)17-19/h5-6,9,17H,7-8H2,1-4H3,(H,20,21). The van der Waals surface area contributed by atoms with Gasteiger partial charge in [0.15, 0.2) is 0 Å². The van der Waals surface area contributed by atoms with Gasteiger partial charge >= 0.3 is 13.5 Å². The number of rotatable bonds is 3. The van der Waals surface area contributed by atoms with Crippen LogP contribution in [0.15, 0.2) is 35.3 Å². The summed E-state index contributed by atoms with van der Waals surface area (Å²) in [5, 5.41) is 9.06. The van der Waals surface area contributed by atoms with Crippen molar-refractivity contribution in [2.45, 2.75) is 40.5 Å². The lowest BCUT2D eigenvalue weighted by Crippen LogP contribution is -2.36. The molecule has 1 aromatic heterocycles. The number of fused-ring (bicyclic) bond motifs is 2. The van der Waals surface area contributed by atoms with E-state index < -0.39 is 5.97 Å². The number of hydrogen-bond acceptors (Lipinski definition) is 2. The van der Waals surface area contributed by atoms with Crippen LogP contribution in [0.4, 0.5) is 0 Å². The van der Waals surface area contributed by atoms with Gasteiger partial charge in [0.05, 0.1) is 0 Å². The molecule has 3 heterocycles. The lowest BCUT2D eigenvalue weighted by molar-refractivity contribution is -0.136. The molecule has 21 heavy (non-hydrogen) atoms. The number of nitrogens with zero attached hydrogens (tertiary/aromatic N) is 2. The third-order valence-electron chi connectivity index (χ3n) is 5.05. The zero-order chi connectivity index (χ0) is 15.4. The maximum Gasteiger partial charge on any atom is 0.365 e. The summed E-state index contributed by atoms with van der Waals surface area (Å²) in [6.07, 6.45) is 2.82. The van der Waals surface area contributed by atoms with Crippen molar-refractivity contribution in [1.82, 2.24) is 9.29 Å². The monoisotopic (exact) mass is 284 g/mol. The van der Waals surface area contributed by atoms with Crippen LogP contribution in [-0.4, -0.2) is 27.9 Å². The van der Waals surface area contributed by atoms with Crippen molar-refractivity contribution in [3.63, 3.8) is 0 Å². The number of hydrogen-bond donors (Lipinski definition) is 1. The van der Waals surface area contributed by atoms with Crippen molar-refractivity contribution >= 4 is 19.1 Å². The SMILES string of the molecule is CC1=C(C)C(C)(C)C2=C(CCC(=O)O)c3cccn3BN12. The first kappa shape index (κ1) is 14.0. The zero-order valence-electron chi connectivity index (χ0n) is 13.1. The molecule has 3 rings (SSSR count). The average molecular weight is 284 g/mol. The smallest absolute Gasteiger partial charge is 0.365 e. The molecule has 4 nitrogen and oxygen atoms in total. The molecule has 2 aliphatic heterocycles. The van der Waals surface area contributed by atoms with Gasteiger partial charge in [-0.1, -0.05) is 13.8 Å². The van der Waals surface area contributed by atoms with E-state index in [9.17, 15) is 4.79 Å². The van der Waals surface area contributed by atoms with E-state index in [1.807, 2.05) is 6.07 Å². The molecule has 0 atom stereocenters.